The van der Waals surface area contributed by atoms with Gasteiger partial charge in [0.2, 0.25) is 5.91 Å². The van der Waals surface area contributed by atoms with Crippen molar-refractivity contribution in [2.75, 3.05) is 13.1 Å². The van der Waals surface area contributed by atoms with Crippen LogP contribution in [0.3, 0.4) is 0 Å². The summed E-state index contributed by atoms with van der Waals surface area (Å²) in [6.45, 7) is 1.74. The van der Waals surface area contributed by atoms with Crippen LogP contribution in [-0.2, 0) is 4.79 Å². The molecule has 2 amide bonds. The molecule has 3 aliphatic rings. The Bertz CT molecular complexity index is 636. The average molecular weight is 296 g/mol. The molecule has 1 fully saturated rings. The molecule has 1 unspecified atom stereocenters. The molecule has 1 N–H and O–H groups in total. The first-order valence-electron chi connectivity index (χ1n) is 8.05. The van der Waals surface area contributed by atoms with Crippen LogP contribution in [0.2, 0.25) is 0 Å². The fourth-order valence-electron chi connectivity index (χ4n) is 4.00. The molecule has 1 aromatic carbocycles. The highest BCUT2D eigenvalue weighted by Gasteiger charge is 2.37. The van der Waals surface area contributed by atoms with Crippen molar-refractivity contribution >= 4 is 11.8 Å². The number of allylic oxidation sites excluding steroid dienone is 2. The normalized spacial score (nSPS) is 29.2. The fourth-order valence-corrected chi connectivity index (χ4v) is 4.00. The molecule has 22 heavy (non-hydrogen) atoms. The minimum absolute atomic E-state index is 0.0623. The number of carbonyl (C=O) groups excluding carboxylic acids is 2. The molecule has 0 spiro atoms. The van der Waals surface area contributed by atoms with E-state index in [1.165, 1.54) is 0 Å². The highest BCUT2D eigenvalue weighted by molar-refractivity contribution is 5.99. The molecule has 4 heteroatoms. The van der Waals surface area contributed by atoms with Gasteiger partial charge in [-0.25, -0.2) is 0 Å². The molecular formula is C18H20N2O2. The van der Waals surface area contributed by atoms with Crippen molar-refractivity contribution in [1.82, 2.24) is 10.2 Å². The standard InChI is InChI=1S/C18H20N2O2/c21-17(20-10-12-5-1-2-6-13(12)11-20)9-16-14-7-3-4-8-15(14)18(22)19-16/h1-4,7-8,12-13,16H,5-6,9-11H2,(H,19,22)/t12-,13+,16?. The van der Waals surface area contributed by atoms with Crippen LogP contribution in [-0.4, -0.2) is 29.8 Å². The first-order chi connectivity index (χ1) is 10.7. The molecule has 4 nitrogen and oxygen atoms in total. The number of amides is 2. The molecular weight excluding hydrogens is 276 g/mol. The second-order valence-electron chi connectivity index (χ2n) is 6.58. The van der Waals surface area contributed by atoms with Gasteiger partial charge in [0.25, 0.3) is 5.91 Å². The molecule has 114 valence electrons. The van der Waals surface area contributed by atoms with Gasteiger partial charge in [-0.1, -0.05) is 30.4 Å². The van der Waals surface area contributed by atoms with Crippen LogP contribution in [0.15, 0.2) is 36.4 Å². The number of hydrogen-bond acceptors (Lipinski definition) is 2. The number of nitrogens with zero attached hydrogens (tertiary/aromatic N) is 1. The Hall–Kier alpha value is -2.10. The van der Waals surface area contributed by atoms with Crippen LogP contribution in [0.25, 0.3) is 0 Å². The van der Waals surface area contributed by atoms with Gasteiger partial charge in [-0.2, -0.15) is 0 Å². The predicted molar refractivity (Wildman–Crippen MR) is 83.2 cm³/mol. The van der Waals surface area contributed by atoms with Gasteiger partial charge in [0.05, 0.1) is 12.5 Å². The molecule has 1 aliphatic carbocycles. The van der Waals surface area contributed by atoms with E-state index in [0.717, 1.165) is 31.5 Å². The zero-order chi connectivity index (χ0) is 15.1. The largest absolute Gasteiger partial charge is 0.345 e. The Morgan fingerprint density at radius 2 is 1.82 bits per heavy atom. The van der Waals surface area contributed by atoms with Crippen molar-refractivity contribution in [3.8, 4) is 0 Å². The maximum absolute atomic E-state index is 12.6. The highest BCUT2D eigenvalue weighted by Crippen LogP contribution is 2.34. The lowest BCUT2D eigenvalue weighted by molar-refractivity contribution is -0.130. The third kappa shape index (κ3) is 2.23. The lowest BCUT2D eigenvalue weighted by atomic mass is 9.86. The van der Waals surface area contributed by atoms with E-state index in [0.29, 0.717) is 23.8 Å². The summed E-state index contributed by atoms with van der Waals surface area (Å²) < 4.78 is 0. The summed E-state index contributed by atoms with van der Waals surface area (Å²) in [5, 5.41) is 2.94. The van der Waals surface area contributed by atoms with Crippen molar-refractivity contribution < 1.29 is 9.59 Å². The number of likely N-dealkylation sites (tertiary alicyclic amines) is 1. The number of nitrogens with one attached hydrogen (secondary N) is 1. The van der Waals surface area contributed by atoms with Crippen LogP contribution >= 0.6 is 0 Å². The number of carbonyl (C=O) groups is 2. The molecule has 2 aliphatic heterocycles. The van der Waals surface area contributed by atoms with E-state index in [1.807, 2.05) is 29.2 Å². The van der Waals surface area contributed by atoms with E-state index in [-0.39, 0.29) is 17.9 Å². The second-order valence-corrected chi connectivity index (χ2v) is 6.58. The third-order valence-electron chi connectivity index (χ3n) is 5.24. The molecule has 0 radical (unpaired) electrons. The number of fused-ring (bicyclic) bond motifs is 2. The van der Waals surface area contributed by atoms with Crippen LogP contribution in [0.4, 0.5) is 0 Å². The summed E-state index contributed by atoms with van der Waals surface area (Å²) in [6, 6.07) is 7.38. The monoisotopic (exact) mass is 296 g/mol. The number of rotatable bonds is 2. The van der Waals surface area contributed by atoms with Gasteiger partial charge in [-0.3, -0.25) is 9.59 Å². The van der Waals surface area contributed by atoms with E-state index in [9.17, 15) is 9.59 Å². The summed E-state index contributed by atoms with van der Waals surface area (Å²) in [6.07, 6.45) is 7.04. The number of benzene rings is 1. The second kappa shape index (κ2) is 5.27. The molecule has 0 aromatic heterocycles. The zero-order valence-electron chi connectivity index (χ0n) is 12.5. The Morgan fingerprint density at radius 1 is 1.14 bits per heavy atom. The molecule has 3 atom stereocenters. The van der Waals surface area contributed by atoms with Crippen LogP contribution in [0, 0.1) is 11.8 Å². The van der Waals surface area contributed by atoms with Gasteiger partial charge >= 0.3 is 0 Å². The van der Waals surface area contributed by atoms with E-state index < -0.39 is 0 Å². The van der Waals surface area contributed by atoms with Crippen molar-refractivity contribution in [2.45, 2.75) is 25.3 Å². The minimum atomic E-state index is -0.169. The molecule has 4 rings (SSSR count). The fraction of sp³-hybridized carbons (Fsp3) is 0.444. The van der Waals surface area contributed by atoms with Crippen molar-refractivity contribution in [1.29, 1.82) is 0 Å². The zero-order valence-corrected chi connectivity index (χ0v) is 12.5. The predicted octanol–water partition coefficient (Wildman–Crippen LogP) is 2.29. The van der Waals surface area contributed by atoms with E-state index in [1.54, 1.807) is 0 Å². The summed E-state index contributed by atoms with van der Waals surface area (Å²) in [7, 11) is 0. The Labute approximate surface area is 130 Å². The quantitative estimate of drug-likeness (QED) is 0.851. The van der Waals surface area contributed by atoms with Crippen LogP contribution in [0.1, 0.15) is 41.2 Å². The van der Waals surface area contributed by atoms with Gasteiger partial charge < -0.3 is 10.2 Å². The van der Waals surface area contributed by atoms with Gasteiger partial charge in [-0.15, -0.1) is 0 Å². The van der Waals surface area contributed by atoms with E-state index >= 15 is 0 Å². The summed E-state index contributed by atoms with van der Waals surface area (Å²) in [5.74, 6) is 1.35. The topological polar surface area (TPSA) is 49.4 Å². The van der Waals surface area contributed by atoms with Gasteiger partial charge in [0.15, 0.2) is 0 Å². The summed E-state index contributed by atoms with van der Waals surface area (Å²) in [5.41, 5.74) is 1.67. The Kier molecular flexibility index (Phi) is 3.25. The van der Waals surface area contributed by atoms with Crippen LogP contribution < -0.4 is 5.32 Å². The lowest BCUT2D eigenvalue weighted by Gasteiger charge is -2.19. The Balaban J connectivity index is 1.44. The first-order valence-corrected chi connectivity index (χ1v) is 8.05. The molecule has 1 saturated heterocycles. The SMILES string of the molecule is O=C1NC(CC(=O)N2C[C@H]3CC=CC[C@H]3C2)c2ccccc21. The van der Waals surface area contributed by atoms with Gasteiger partial charge in [-0.05, 0) is 36.3 Å². The Morgan fingerprint density at radius 3 is 2.55 bits per heavy atom. The van der Waals surface area contributed by atoms with Crippen molar-refractivity contribution in [2.24, 2.45) is 11.8 Å². The van der Waals surface area contributed by atoms with E-state index in [4.69, 9.17) is 0 Å². The minimum Gasteiger partial charge on any atom is -0.345 e. The lowest BCUT2D eigenvalue weighted by Crippen LogP contribution is -2.32. The first kappa shape index (κ1) is 13.6. The smallest absolute Gasteiger partial charge is 0.252 e. The summed E-state index contributed by atoms with van der Waals surface area (Å²) >= 11 is 0. The third-order valence-corrected chi connectivity index (χ3v) is 5.24. The van der Waals surface area contributed by atoms with Gasteiger partial charge in [0, 0.05) is 18.7 Å². The molecule has 0 saturated carbocycles. The molecule has 2 heterocycles. The average Bonchev–Trinajstić information content (AvgIpc) is 3.10. The maximum atomic E-state index is 12.6. The van der Waals surface area contributed by atoms with Crippen molar-refractivity contribution in [3.63, 3.8) is 0 Å². The van der Waals surface area contributed by atoms with E-state index in [2.05, 4.69) is 17.5 Å². The highest BCUT2D eigenvalue weighted by atomic mass is 16.2. The van der Waals surface area contributed by atoms with Crippen LogP contribution in [0.5, 0.6) is 0 Å². The maximum Gasteiger partial charge on any atom is 0.252 e. The van der Waals surface area contributed by atoms with Crippen molar-refractivity contribution in [3.05, 3.63) is 47.5 Å². The molecule has 0 bridgehead atoms. The summed E-state index contributed by atoms with van der Waals surface area (Å²) in [4.78, 5) is 26.6. The number of hydrogen-bond donors (Lipinski definition) is 1. The molecule has 1 aromatic rings. The van der Waals surface area contributed by atoms with Gasteiger partial charge in [0.1, 0.15) is 0 Å².